The van der Waals surface area contributed by atoms with Gasteiger partial charge in [0.25, 0.3) is 5.82 Å². The predicted molar refractivity (Wildman–Crippen MR) is 98.7 cm³/mol. The fraction of sp³-hybridized carbons (Fsp3) is 0.444. The smallest absolute Gasteiger partial charge is 0.453 e. The highest BCUT2D eigenvalue weighted by molar-refractivity contribution is 5.46. The van der Waals surface area contributed by atoms with Crippen LogP contribution in [0.5, 0.6) is 5.88 Å². The molecule has 0 bridgehead atoms. The Bertz CT molecular complexity index is 1010. The molecule has 0 aromatic carbocycles. The van der Waals surface area contributed by atoms with Gasteiger partial charge in [0.1, 0.15) is 5.82 Å². The van der Waals surface area contributed by atoms with Crippen molar-refractivity contribution in [3.05, 3.63) is 41.9 Å². The molecule has 0 N–H and O–H groups in total. The summed E-state index contributed by atoms with van der Waals surface area (Å²) in [5.41, 5.74) is 0.973. The van der Waals surface area contributed by atoms with E-state index >= 15 is 0 Å². The number of pyridine rings is 1. The molecule has 4 heterocycles. The highest BCUT2D eigenvalue weighted by Gasteiger charge is 2.38. The second kappa shape index (κ2) is 7.47. The molecule has 0 radical (unpaired) electrons. The Morgan fingerprint density at radius 3 is 2.69 bits per heavy atom. The summed E-state index contributed by atoms with van der Waals surface area (Å²) in [5, 5.41) is 10.9. The maximum Gasteiger partial charge on any atom is 0.453 e. The molecule has 0 aliphatic carbocycles. The van der Waals surface area contributed by atoms with E-state index in [-0.39, 0.29) is 11.7 Å². The number of piperazine rings is 1. The van der Waals surface area contributed by atoms with Gasteiger partial charge in [-0.3, -0.25) is 4.90 Å². The second-order valence-corrected chi connectivity index (χ2v) is 6.92. The van der Waals surface area contributed by atoms with Gasteiger partial charge in [-0.1, -0.05) is 6.07 Å². The first-order chi connectivity index (χ1) is 13.8. The lowest BCUT2D eigenvalue weighted by atomic mass is 10.1. The monoisotopic (exact) mass is 407 g/mol. The molecule has 154 valence electrons. The number of aromatic nitrogens is 5. The summed E-state index contributed by atoms with van der Waals surface area (Å²) in [6.07, 6.45) is -4.61. The molecule has 8 nitrogen and oxygen atoms in total. The molecule has 29 heavy (non-hydrogen) atoms. The van der Waals surface area contributed by atoms with Crippen LogP contribution in [-0.4, -0.2) is 62.5 Å². The molecule has 4 rings (SSSR count). The molecule has 3 aromatic heterocycles. The summed E-state index contributed by atoms with van der Waals surface area (Å²) in [4.78, 5) is 8.69. The van der Waals surface area contributed by atoms with Crippen molar-refractivity contribution in [2.45, 2.75) is 25.7 Å². The molecule has 11 heteroatoms. The van der Waals surface area contributed by atoms with E-state index in [2.05, 4.69) is 32.1 Å². The number of hydrogen-bond donors (Lipinski definition) is 0. The van der Waals surface area contributed by atoms with E-state index < -0.39 is 12.0 Å². The largest absolute Gasteiger partial charge is 0.481 e. The van der Waals surface area contributed by atoms with Gasteiger partial charge in [-0.2, -0.15) is 17.7 Å². The second-order valence-electron chi connectivity index (χ2n) is 6.92. The highest BCUT2D eigenvalue weighted by atomic mass is 19.4. The normalized spacial score (nSPS) is 18.4. The zero-order valence-corrected chi connectivity index (χ0v) is 16.0. The summed E-state index contributed by atoms with van der Waals surface area (Å²) in [5.74, 6) is -0.0837. The Morgan fingerprint density at radius 2 is 1.97 bits per heavy atom. The maximum absolute atomic E-state index is 13.1. The molecule has 1 unspecified atom stereocenters. The van der Waals surface area contributed by atoms with Crippen LogP contribution in [0.15, 0.2) is 30.3 Å². The number of anilines is 1. The number of nitrogens with zero attached hydrogens (tertiary/aromatic N) is 7. The lowest BCUT2D eigenvalue weighted by molar-refractivity contribution is -0.146. The molecule has 1 saturated heterocycles. The van der Waals surface area contributed by atoms with Crippen LogP contribution >= 0.6 is 0 Å². The van der Waals surface area contributed by atoms with E-state index in [0.717, 1.165) is 16.8 Å². The fourth-order valence-corrected chi connectivity index (χ4v) is 3.43. The third-order valence-electron chi connectivity index (χ3n) is 4.95. The van der Waals surface area contributed by atoms with E-state index in [0.29, 0.717) is 31.3 Å². The average Bonchev–Trinajstić information content (AvgIpc) is 3.13. The maximum atomic E-state index is 13.1. The van der Waals surface area contributed by atoms with E-state index in [1.54, 1.807) is 19.2 Å². The van der Waals surface area contributed by atoms with Crippen molar-refractivity contribution in [1.29, 1.82) is 0 Å². The molecular weight excluding hydrogens is 387 g/mol. The molecule has 0 spiro atoms. The van der Waals surface area contributed by atoms with Gasteiger partial charge in [0, 0.05) is 38.3 Å². The Morgan fingerprint density at radius 1 is 1.14 bits per heavy atom. The Labute approximate surface area is 164 Å². The highest BCUT2D eigenvalue weighted by Crippen LogP contribution is 2.28. The molecule has 3 aromatic rings. The van der Waals surface area contributed by atoms with Crippen molar-refractivity contribution in [2.24, 2.45) is 0 Å². The number of rotatable bonds is 4. The van der Waals surface area contributed by atoms with Crippen molar-refractivity contribution in [3.63, 3.8) is 0 Å². The summed E-state index contributed by atoms with van der Waals surface area (Å²) in [6.45, 7) is 4.74. The summed E-state index contributed by atoms with van der Waals surface area (Å²) in [6, 6.07) is 8.99. The van der Waals surface area contributed by atoms with Gasteiger partial charge in [0.2, 0.25) is 5.88 Å². The van der Waals surface area contributed by atoms with Crippen LogP contribution in [0.4, 0.5) is 19.0 Å². The van der Waals surface area contributed by atoms with Crippen LogP contribution in [0.25, 0.3) is 5.65 Å². The number of alkyl halides is 3. The number of fused-ring (bicyclic) bond motifs is 1. The van der Waals surface area contributed by atoms with Crippen LogP contribution in [0.3, 0.4) is 0 Å². The standard InChI is InChI=1S/C18H20F3N7O/c1-12-10-27(9-8-26(12)11-13-4-3-5-16(22-13)29-2)15-7-6-14-23-24-17(18(19,20)21)28(14)25-15/h3-7,12H,8-11H2,1-2H3. The third-order valence-corrected chi connectivity index (χ3v) is 4.95. The molecule has 1 aliphatic rings. The molecule has 1 fully saturated rings. The van der Waals surface area contributed by atoms with Crippen molar-refractivity contribution < 1.29 is 17.9 Å². The van der Waals surface area contributed by atoms with Gasteiger partial charge in [-0.05, 0) is 25.1 Å². The van der Waals surface area contributed by atoms with E-state index in [4.69, 9.17) is 4.74 Å². The lowest BCUT2D eigenvalue weighted by Crippen LogP contribution is -2.51. The fourth-order valence-electron chi connectivity index (χ4n) is 3.43. The zero-order valence-electron chi connectivity index (χ0n) is 16.0. The minimum absolute atomic E-state index is 0.0665. The SMILES string of the molecule is COc1cccc(CN2CCN(c3ccc4nnc(C(F)(F)F)n4n3)CC2C)n1. The Kier molecular flexibility index (Phi) is 4.99. The van der Waals surface area contributed by atoms with Crippen molar-refractivity contribution in [2.75, 3.05) is 31.6 Å². The van der Waals surface area contributed by atoms with Gasteiger partial charge in [-0.25, -0.2) is 4.98 Å². The van der Waals surface area contributed by atoms with E-state index in [9.17, 15) is 13.2 Å². The van der Waals surface area contributed by atoms with E-state index in [1.165, 1.54) is 6.07 Å². The predicted octanol–water partition coefficient (Wildman–Crippen LogP) is 2.26. The number of hydrogen-bond acceptors (Lipinski definition) is 7. The molecule has 1 aliphatic heterocycles. The van der Waals surface area contributed by atoms with Gasteiger partial charge < -0.3 is 9.64 Å². The van der Waals surface area contributed by atoms with Gasteiger partial charge in [0.05, 0.1) is 12.8 Å². The summed E-state index contributed by atoms with van der Waals surface area (Å²) >= 11 is 0. The van der Waals surface area contributed by atoms with Gasteiger partial charge >= 0.3 is 6.18 Å². The number of ether oxygens (including phenoxy) is 1. The van der Waals surface area contributed by atoms with E-state index in [1.807, 2.05) is 17.0 Å². The first-order valence-electron chi connectivity index (χ1n) is 9.14. The van der Waals surface area contributed by atoms with Crippen LogP contribution in [0.2, 0.25) is 0 Å². The first kappa shape index (κ1) is 19.4. The molecule has 0 amide bonds. The quantitative estimate of drug-likeness (QED) is 0.657. The van der Waals surface area contributed by atoms with Crippen molar-refractivity contribution in [1.82, 2.24) is 29.7 Å². The van der Waals surface area contributed by atoms with Crippen LogP contribution in [0.1, 0.15) is 18.4 Å². The summed E-state index contributed by atoms with van der Waals surface area (Å²) < 4.78 is 45.2. The molecular formula is C18H20F3N7O. The summed E-state index contributed by atoms with van der Waals surface area (Å²) in [7, 11) is 1.58. The third kappa shape index (κ3) is 3.95. The first-order valence-corrected chi connectivity index (χ1v) is 9.14. The number of halogens is 3. The minimum atomic E-state index is -4.61. The minimum Gasteiger partial charge on any atom is -0.481 e. The molecule has 0 saturated carbocycles. The average molecular weight is 407 g/mol. The van der Waals surface area contributed by atoms with Crippen LogP contribution in [0, 0.1) is 0 Å². The van der Waals surface area contributed by atoms with Crippen molar-refractivity contribution >= 4 is 11.5 Å². The Hall–Kier alpha value is -2.95. The zero-order chi connectivity index (χ0) is 20.6. The van der Waals surface area contributed by atoms with Crippen LogP contribution in [-0.2, 0) is 12.7 Å². The number of methoxy groups -OCH3 is 1. The van der Waals surface area contributed by atoms with Crippen molar-refractivity contribution in [3.8, 4) is 5.88 Å². The van der Waals surface area contributed by atoms with Crippen LogP contribution < -0.4 is 9.64 Å². The molecule has 1 atom stereocenters. The topological polar surface area (TPSA) is 71.7 Å². The lowest BCUT2D eigenvalue weighted by Gasteiger charge is -2.40. The van der Waals surface area contributed by atoms with Gasteiger partial charge in [-0.15, -0.1) is 15.3 Å². The Balaban J connectivity index is 1.49. The van der Waals surface area contributed by atoms with Gasteiger partial charge in [0.15, 0.2) is 5.65 Å².